The van der Waals surface area contributed by atoms with Gasteiger partial charge in [0, 0.05) is 42.9 Å². The summed E-state index contributed by atoms with van der Waals surface area (Å²) in [6.07, 6.45) is 2.83. The number of ether oxygens (including phenoxy) is 1. The Morgan fingerprint density at radius 3 is 2.71 bits per heavy atom. The highest BCUT2D eigenvalue weighted by molar-refractivity contribution is 6.29. The van der Waals surface area contributed by atoms with Crippen LogP contribution < -0.4 is 10.5 Å². The minimum atomic E-state index is -2.79. The zero-order valence-electron chi connectivity index (χ0n) is 16.5. The number of rotatable bonds is 4. The smallest absolute Gasteiger partial charge is 0.273 e. The first-order valence-electron chi connectivity index (χ1n) is 9.65. The number of aromatic nitrogens is 4. The number of pyridine rings is 1. The number of anilines is 1. The summed E-state index contributed by atoms with van der Waals surface area (Å²) in [7, 11) is 0. The summed E-state index contributed by atoms with van der Waals surface area (Å²) in [5.74, 6) is -2.23. The van der Waals surface area contributed by atoms with Crippen LogP contribution in [0, 0.1) is 6.92 Å². The first-order valence-corrected chi connectivity index (χ1v) is 10.0. The lowest BCUT2D eigenvalue weighted by Crippen LogP contribution is -2.62. The van der Waals surface area contributed by atoms with E-state index in [1.54, 1.807) is 31.5 Å². The zero-order chi connectivity index (χ0) is 21.8. The average molecular weight is 450 g/mol. The van der Waals surface area contributed by atoms with Crippen LogP contribution in [0.1, 0.15) is 17.7 Å². The molecule has 2 aliphatic rings. The van der Waals surface area contributed by atoms with Crippen molar-refractivity contribution in [1.29, 1.82) is 0 Å². The van der Waals surface area contributed by atoms with Gasteiger partial charge in [0.15, 0.2) is 0 Å². The first kappa shape index (κ1) is 20.1. The lowest BCUT2D eigenvalue weighted by molar-refractivity contribution is -0.0338. The average Bonchev–Trinajstić information content (AvgIpc) is 3.22. The molecule has 2 saturated heterocycles. The monoisotopic (exact) mass is 449 g/mol. The molecule has 5 rings (SSSR count). The van der Waals surface area contributed by atoms with E-state index in [0.717, 1.165) is 0 Å². The minimum absolute atomic E-state index is 0.158. The van der Waals surface area contributed by atoms with E-state index >= 15 is 0 Å². The molecule has 0 atom stereocenters. The summed E-state index contributed by atoms with van der Waals surface area (Å²) in [5.41, 5.74) is 1.39. The highest BCUT2D eigenvalue weighted by Crippen LogP contribution is 2.43. The fourth-order valence-electron chi connectivity index (χ4n) is 4.05. The highest BCUT2D eigenvalue weighted by atomic mass is 35.5. The molecule has 0 N–H and O–H groups in total. The van der Waals surface area contributed by atoms with Crippen LogP contribution in [-0.4, -0.2) is 51.1 Å². The molecular formula is C20H18ClF2N5O3. The van der Waals surface area contributed by atoms with E-state index in [-0.39, 0.29) is 18.5 Å². The second-order valence-corrected chi connectivity index (χ2v) is 8.39. The second-order valence-electron chi connectivity index (χ2n) is 8.01. The van der Waals surface area contributed by atoms with Crippen molar-refractivity contribution in [1.82, 2.24) is 19.9 Å². The van der Waals surface area contributed by atoms with E-state index in [4.69, 9.17) is 20.9 Å². The Balaban J connectivity index is 1.34. The molecule has 3 aromatic rings. The van der Waals surface area contributed by atoms with E-state index in [1.165, 1.54) is 10.7 Å². The van der Waals surface area contributed by atoms with Gasteiger partial charge in [0.05, 0.1) is 18.4 Å². The van der Waals surface area contributed by atoms with Gasteiger partial charge in [0.2, 0.25) is 0 Å². The topological polar surface area (TPSA) is 86.3 Å². The first-order chi connectivity index (χ1) is 14.7. The Morgan fingerprint density at radius 2 is 2.06 bits per heavy atom. The Kier molecular flexibility index (Phi) is 4.60. The van der Waals surface area contributed by atoms with E-state index in [2.05, 4.69) is 15.2 Å². The summed E-state index contributed by atoms with van der Waals surface area (Å²) in [5, 5.41) is 8.69. The Labute approximate surface area is 180 Å². The van der Waals surface area contributed by atoms with Gasteiger partial charge in [-0.15, -0.1) is 0 Å². The molecule has 31 heavy (non-hydrogen) atoms. The van der Waals surface area contributed by atoms with Crippen LogP contribution >= 0.6 is 11.6 Å². The van der Waals surface area contributed by atoms with Gasteiger partial charge in [0.1, 0.15) is 28.8 Å². The van der Waals surface area contributed by atoms with E-state index < -0.39 is 18.1 Å². The normalized spacial score (nSPS) is 19.0. The number of nitrogens with zero attached hydrogens (tertiary/aromatic N) is 5. The molecule has 8 nitrogen and oxygen atoms in total. The third-order valence-corrected chi connectivity index (χ3v) is 5.87. The Hall–Kier alpha value is -2.85. The van der Waals surface area contributed by atoms with Crippen molar-refractivity contribution in [2.75, 3.05) is 24.6 Å². The maximum Gasteiger partial charge on any atom is 0.273 e. The fourth-order valence-corrected chi connectivity index (χ4v) is 4.16. The number of aryl methyl sites for hydroxylation is 1. The van der Waals surface area contributed by atoms with Crippen molar-refractivity contribution in [2.24, 2.45) is 0 Å². The molecule has 2 fully saturated rings. The molecule has 11 heteroatoms. The van der Waals surface area contributed by atoms with Gasteiger partial charge in [-0.3, -0.25) is 4.79 Å². The number of hydrogen-bond donors (Lipinski definition) is 0. The molecule has 0 amide bonds. The third-order valence-electron chi connectivity index (χ3n) is 5.64. The van der Waals surface area contributed by atoms with Crippen LogP contribution in [0.4, 0.5) is 14.5 Å². The lowest BCUT2D eigenvalue weighted by Gasteiger charge is -2.47. The summed E-state index contributed by atoms with van der Waals surface area (Å²) >= 11 is 5.85. The van der Waals surface area contributed by atoms with Crippen LogP contribution in [0.15, 0.2) is 39.9 Å². The molecular weight excluding hydrogens is 432 g/mol. The Morgan fingerprint density at radius 1 is 1.26 bits per heavy atom. The molecule has 0 aliphatic carbocycles. The van der Waals surface area contributed by atoms with Crippen molar-refractivity contribution in [3.63, 3.8) is 0 Å². The van der Waals surface area contributed by atoms with Gasteiger partial charge in [0.25, 0.3) is 11.5 Å². The summed E-state index contributed by atoms with van der Waals surface area (Å²) in [6, 6.07) is 4.86. The maximum absolute atomic E-state index is 13.5. The van der Waals surface area contributed by atoms with E-state index in [9.17, 15) is 13.6 Å². The largest absolute Gasteiger partial charge is 0.365 e. The van der Waals surface area contributed by atoms with E-state index in [0.29, 0.717) is 46.5 Å². The van der Waals surface area contributed by atoms with Crippen LogP contribution in [-0.2, 0) is 11.3 Å². The van der Waals surface area contributed by atoms with Gasteiger partial charge >= 0.3 is 0 Å². The quantitative estimate of drug-likeness (QED) is 0.566. The highest BCUT2D eigenvalue weighted by Gasteiger charge is 2.57. The van der Waals surface area contributed by atoms with E-state index in [1.807, 2.05) is 4.90 Å². The van der Waals surface area contributed by atoms with Crippen molar-refractivity contribution in [3.05, 3.63) is 57.4 Å². The third kappa shape index (κ3) is 3.70. The molecule has 3 aromatic heterocycles. The Bertz CT molecular complexity index is 1190. The van der Waals surface area contributed by atoms with Crippen LogP contribution in [0.2, 0.25) is 5.15 Å². The molecule has 1 spiro atoms. The van der Waals surface area contributed by atoms with Crippen LogP contribution in [0.5, 0.6) is 0 Å². The number of halogens is 3. The predicted molar refractivity (Wildman–Crippen MR) is 108 cm³/mol. The summed E-state index contributed by atoms with van der Waals surface area (Å²) in [4.78, 5) is 18.5. The molecule has 0 radical (unpaired) electrons. The second kappa shape index (κ2) is 7.10. The predicted octanol–water partition coefficient (Wildman–Crippen LogP) is 2.92. The number of hydrogen-bond acceptors (Lipinski definition) is 7. The molecule has 2 aliphatic heterocycles. The molecule has 0 unspecified atom stereocenters. The van der Waals surface area contributed by atoms with Gasteiger partial charge in [-0.25, -0.2) is 18.4 Å². The zero-order valence-corrected chi connectivity index (χ0v) is 17.3. The molecule has 0 bridgehead atoms. The SMILES string of the molecule is Cc1onc(-c2ccc(Cl)nc2)c1Cn1ncc(N2CC3(C2)CC(F)(F)CO3)cc1=O. The van der Waals surface area contributed by atoms with Gasteiger partial charge in [-0.1, -0.05) is 16.8 Å². The molecule has 162 valence electrons. The fraction of sp³-hybridized carbons (Fsp3) is 0.400. The molecule has 0 saturated carbocycles. The minimum Gasteiger partial charge on any atom is -0.365 e. The lowest BCUT2D eigenvalue weighted by atomic mass is 9.89. The summed E-state index contributed by atoms with van der Waals surface area (Å²) < 4.78 is 38.9. The molecule has 0 aromatic carbocycles. The van der Waals surface area contributed by atoms with Crippen molar-refractivity contribution in [2.45, 2.75) is 31.4 Å². The maximum atomic E-state index is 13.5. The summed E-state index contributed by atoms with van der Waals surface area (Å²) in [6.45, 7) is 1.99. The van der Waals surface area contributed by atoms with Gasteiger partial charge < -0.3 is 14.2 Å². The van der Waals surface area contributed by atoms with Crippen LogP contribution in [0.25, 0.3) is 11.3 Å². The van der Waals surface area contributed by atoms with Crippen molar-refractivity contribution in [3.8, 4) is 11.3 Å². The van der Waals surface area contributed by atoms with Crippen LogP contribution in [0.3, 0.4) is 0 Å². The number of alkyl halides is 2. The van der Waals surface area contributed by atoms with Crippen molar-refractivity contribution >= 4 is 17.3 Å². The van der Waals surface area contributed by atoms with Gasteiger partial charge in [-0.2, -0.15) is 5.10 Å². The van der Waals surface area contributed by atoms with Gasteiger partial charge in [-0.05, 0) is 19.1 Å². The molecule has 5 heterocycles. The standard InChI is InChI=1S/C20H18ClF2N5O3/c1-12-15(18(26-31-12)13-2-3-16(21)24-5-13)7-28-17(29)4-14(6-25-28)27-9-19(10-27)8-20(22,23)11-30-19/h2-6H,7-11H2,1H3. The van der Waals surface area contributed by atoms with Crippen molar-refractivity contribution < 1.29 is 18.0 Å².